The number of rotatable bonds is 4. The van der Waals surface area contributed by atoms with Gasteiger partial charge in [-0.25, -0.2) is 4.79 Å². The van der Waals surface area contributed by atoms with Crippen molar-refractivity contribution in [2.24, 2.45) is 11.7 Å². The fourth-order valence-electron chi connectivity index (χ4n) is 2.06. The number of nitrogens with zero attached hydrogens (tertiary/aromatic N) is 1. The van der Waals surface area contributed by atoms with Crippen molar-refractivity contribution in [3.05, 3.63) is 12.7 Å². The Balaban J connectivity index is 2.75. The lowest BCUT2D eigenvalue weighted by atomic mass is 10.0. The first-order valence-corrected chi connectivity index (χ1v) is 5.38. The number of carboxylic acid groups (broad SMARTS) is 1. The van der Waals surface area contributed by atoms with Crippen molar-refractivity contribution in [2.45, 2.75) is 31.8 Å². The maximum Gasteiger partial charge on any atom is 0.326 e. The summed E-state index contributed by atoms with van der Waals surface area (Å²) in [7, 11) is 0. The second-order valence-electron chi connectivity index (χ2n) is 4.21. The molecule has 3 atom stereocenters. The minimum Gasteiger partial charge on any atom is -0.480 e. The van der Waals surface area contributed by atoms with Gasteiger partial charge < -0.3 is 15.7 Å². The molecular weight excluding hydrogens is 208 g/mol. The summed E-state index contributed by atoms with van der Waals surface area (Å²) < 4.78 is 0. The van der Waals surface area contributed by atoms with Gasteiger partial charge in [-0.05, 0) is 18.8 Å². The molecule has 1 rings (SSSR count). The second-order valence-corrected chi connectivity index (χ2v) is 4.21. The van der Waals surface area contributed by atoms with Crippen LogP contribution in [0, 0.1) is 5.92 Å². The molecule has 0 aliphatic carbocycles. The Labute approximate surface area is 94.9 Å². The van der Waals surface area contributed by atoms with E-state index < -0.39 is 18.1 Å². The van der Waals surface area contributed by atoms with Crippen molar-refractivity contribution in [2.75, 3.05) is 6.54 Å². The van der Waals surface area contributed by atoms with E-state index in [4.69, 9.17) is 10.8 Å². The van der Waals surface area contributed by atoms with Crippen LogP contribution in [-0.2, 0) is 9.59 Å². The maximum atomic E-state index is 11.9. The van der Waals surface area contributed by atoms with Gasteiger partial charge in [-0.3, -0.25) is 4.79 Å². The molecule has 1 fully saturated rings. The topological polar surface area (TPSA) is 83.6 Å². The predicted molar refractivity (Wildman–Crippen MR) is 59.7 cm³/mol. The zero-order valence-electron chi connectivity index (χ0n) is 9.43. The van der Waals surface area contributed by atoms with Gasteiger partial charge in [-0.15, -0.1) is 6.58 Å². The van der Waals surface area contributed by atoms with Crippen LogP contribution in [0.1, 0.15) is 19.8 Å². The molecule has 90 valence electrons. The highest BCUT2D eigenvalue weighted by Gasteiger charge is 2.40. The zero-order valence-corrected chi connectivity index (χ0v) is 9.43. The molecule has 5 nitrogen and oxygen atoms in total. The van der Waals surface area contributed by atoms with Crippen LogP contribution in [0.15, 0.2) is 12.7 Å². The zero-order chi connectivity index (χ0) is 12.3. The summed E-state index contributed by atoms with van der Waals surface area (Å²) in [5.41, 5.74) is 5.66. The average Bonchev–Trinajstić information content (AvgIpc) is 2.59. The van der Waals surface area contributed by atoms with Crippen molar-refractivity contribution >= 4 is 11.9 Å². The van der Waals surface area contributed by atoms with E-state index in [-0.39, 0.29) is 11.8 Å². The normalized spacial score (nSPS) is 26.5. The Morgan fingerprint density at radius 1 is 1.69 bits per heavy atom. The Bertz CT molecular complexity index is 304. The van der Waals surface area contributed by atoms with Gasteiger partial charge in [-0.1, -0.05) is 13.0 Å². The number of aliphatic carboxylic acids is 1. The third-order valence-electron chi connectivity index (χ3n) is 2.97. The third kappa shape index (κ3) is 2.41. The number of nitrogens with two attached hydrogens (primary N) is 1. The molecule has 0 aromatic rings. The number of hydrogen-bond acceptors (Lipinski definition) is 3. The molecule has 1 heterocycles. The fourth-order valence-corrected chi connectivity index (χ4v) is 2.06. The van der Waals surface area contributed by atoms with Crippen LogP contribution in [0.3, 0.4) is 0 Å². The fraction of sp³-hybridized carbons (Fsp3) is 0.636. The standard InChI is InChI=1S/C11H18N2O3/c1-3-4-8(12)10(14)13-6-5-7(2)9(13)11(15)16/h3,7-9H,1,4-6,12H2,2H3,(H,15,16). The monoisotopic (exact) mass is 226 g/mol. The van der Waals surface area contributed by atoms with Crippen molar-refractivity contribution in [3.8, 4) is 0 Å². The third-order valence-corrected chi connectivity index (χ3v) is 2.97. The van der Waals surface area contributed by atoms with Crippen LogP contribution in [0.4, 0.5) is 0 Å². The number of carboxylic acids is 1. The Morgan fingerprint density at radius 3 is 2.81 bits per heavy atom. The Morgan fingerprint density at radius 2 is 2.31 bits per heavy atom. The summed E-state index contributed by atoms with van der Waals surface area (Å²) in [4.78, 5) is 24.3. The van der Waals surface area contributed by atoms with Crippen molar-refractivity contribution < 1.29 is 14.7 Å². The van der Waals surface area contributed by atoms with Gasteiger partial charge in [0.05, 0.1) is 6.04 Å². The first kappa shape index (κ1) is 12.7. The van der Waals surface area contributed by atoms with E-state index >= 15 is 0 Å². The lowest BCUT2D eigenvalue weighted by Gasteiger charge is -2.25. The van der Waals surface area contributed by atoms with Crippen LogP contribution >= 0.6 is 0 Å². The van der Waals surface area contributed by atoms with Gasteiger partial charge >= 0.3 is 5.97 Å². The van der Waals surface area contributed by atoms with E-state index in [2.05, 4.69) is 6.58 Å². The number of likely N-dealkylation sites (tertiary alicyclic amines) is 1. The van der Waals surface area contributed by atoms with E-state index in [1.807, 2.05) is 6.92 Å². The molecule has 0 saturated carbocycles. The molecule has 0 spiro atoms. The van der Waals surface area contributed by atoms with Crippen molar-refractivity contribution in [1.29, 1.82) is 0 Å². The van der Waals surface area contributed by atoms with Crippen molar-refractivity contribution in [3.63, 3.8) is 0 Å². The number of carbonyl (C=O) groups excluding carboxylic acids is 1. The SMILES string of the molecule is C=CCC(N)C(=O)N1CCC(C)C1C(=O)O. The maximum absolute atomic E-state index is 11.9. The average molecular weight is 226 g/mol. The van der Waals surface area contributed by atoms with E-state index in [0.29, 0.717) is 19.4 Å². The van der Waals surface area contributed by atoms with Crippen LogP contribution < -0.4 is 5.73 Å². The van der Waals surface area contributed by atoms with Gasteiger partial charge in [-0.2, -0.15) is 0 Å². The first-order chi connectivity index (χ1) is 7.49. The van der Waals surface area contributed by atoms with E-state index in [9.17, 15) is 9.59 Å². The summed E-state index contributed by atoms with van der Waals surface area (Å²) in [5.74, 6) is -1.27. The minimum atomic E-state index is -0.954. The molecule has 16 heavy (non-hydrogen) atoms. The highest BCUT2D eigenvalue weighted by molar-refractivity contribution is 5.87. The summed E-state index contributed by atoms with van der Waals surface area (Å²) in [6, 6.07) is -1.41. The molecule has 1 aliphatic rings. The lowest BCUT2D eigenvalue weighted by Crippen LogP contribution is -2.49. The van der Waals surface area contributed by atoms with E-state index in [1.54, 1.807) is 6.08 Å². The number of carbonyl (C=O) groups is 2. The highest BCUT2D eigenvalue weighted by Crippen LogP contribution is 2.24. The van der Waals surface area contributed by atoms with Crippen molar-refractivity contribution in [1.82, 2.24) is 4.90 Å². The molecule has 0 aromatic carbocycles. The Kier molecular flexibility index (Phi) is 4.06. The number of hydrogen-bond donors (Lipinski definition) is 2. The minimum absolute atomic E-state index is 0.0163. The van der Waals surface area contributed by atoms with Crippen LogP contribution in [0.5, 0.6) is 0 Å². The summed E-state index contributed by atoms with van der Waals surface area (Å²) in [5, 5.41) is 9.06. The van der Waals surface area contributed by atoms with Gasteiger partial charge in [0.25, 0.3) is 0 Å². The Hall–Kier alpha value is -1.36. The molecule has 1 saturated heterocycles. The molecule has 0 bridgehead atoms. The van der Waals surface area contributed by atoms with E-state index in [0.717, 1.165) is 0 Å². The number of amides is 1. The van der Waals surface area contributed by atoms with Crippen LogP contribution in [0.25, 0.3) is 0 Å². The molecule has 0 aromatic heterocycles. The molecule has 1 amide bonds. The lowest BCUT2D eigenvalue weighted by molar-refractivity contribution is -0.149. The molecular formula is C11H18N2O3. The van der Waals surface area contributed by atoms with Crippen LogP contribution in [-0.4, -0.2) is 40.5 Å². The smallest absolute Gasteiger partial charge is 0.326 e. The van der Waals surface area contributed by atoms with Gasteiger partial charge in [0, 0.05) is 6.54 Å². The quantitative estimate of drug-likeness (QED) is 0.671. The van der Waals surface area contributed by atoms with Gasteiger partial charge in [0.15, 0.2) is 0 Å². The summed E-state index contributed by atoms with van der Waals surface area (Å²) in [6.45, 7) is 5.82. The van der Waals surface area contributed by atoms with Gasteiger partial charge in [0.1, 0.15) is 6.04 Å². The highest BCUT2D eigenvalue weighted by atomic mass is 16.4. The summed E-state index contributed by atoms with van der Waals surface area (Å²) >= 11 is 0. The largest absolute Gasteiger partial charge is 0.480 e. The van der Waals surface area contributed by atoms with Gasteiger partial charge in [0.2, 0.25) is 5.91 Å². The van der Waals surface area contributed by atoms with E-state index in [1.165, 1.54) is 4.90 Å². The predicted octanol–water partition coefficient (Wildman–Crippen LogP) is 0.211. The molecule has 3 N–H and O–H groups in total. The molecule has 1 aliphatic heterocycles. The van der Waals surface area contributed by atoms with Crippen LogP contribution in [0.2, 0.25) is 0 Å². The second kappa shape index (κ2) is 5.12. The molecule has 5 heteroatoms. The first-order valence-electron chi connectivity index (χ1n) is 5.38. The summed E-state index contributed by atoms with van der Waals surface area (Å²) in [6.07, 6.45) is 2.65. The molecule has 3 unspecified atom stereocenters. The molecule has 0 radical (unpaired) electrons.